The Morgan fingerprint density at radius 2 is 1.88 bits per heavy atom. The van der Waals surface area contributed by atoms with Gasteiger partial charge in [-0.2, -0.15) is 0 Å². The summed E-state index contributed by atoms with van der Waals surface area (Å²) in [6, 6.07) is 12.1. The predicted octanol–water partition coefficient (Wildman–Crippen LogP) is 2.66. The van der Waals surface area contributed by atoms with Gasteiger partial charge < -0.3 is 15.1 Å². The Hall–Kier alpha value is -3.22. The highest BCUT2D eigenvalue weighted by molar-refractivity contribution is 5.87. The molecule has 0 atom stereocenters. The van der Waals surface area contributed by atoms with Crippen molar-refractivity contribution < 1.29 is 14.4 Å². The third-order valence-corrected chi connectivity index (χ3v) is 6.91. The Morgan fingerprint density at radius 1 is 1.09 bits per heavy atom. The quantitative estimate of drug-likeness (QED) is 0.706. The first-order valence-electron chi connectivity index (χ1n) is 11.8. The Morgan fingerprint density at radius 3 is 2.55 bits per heavy atom. The van der Waals surface area contributed by atoms with E-state index in [-0.39, 0.29) is 24.3 Å². The molecule has 0 spiro atoms. The van der Waals surface area contributed by atoms with Crippen LogP contribution in [-0.2, 0) is 20.8 Å². The molecule has 0 bridgehead atoms. The maximum absolute atomic E-state index is 13.3. The van der Waals surface area contributed by atoms with Crippen LogP contribution in [0.25, 0.3) is 11.1 Å². The molecule has 0 unspecified atom stereocenters. The van der Waals surface area contributed by atoms with E-state index in [1.165, 1.54) is 0 Å². The van der Waals surface area contributed by atoms with Crippen LogP contribution in [0.3, 0.4) is 0 Å². The minimum atomic E-state index is -0.575. The highest BCUT2D eigenvalue weighted by Crippen LogP contribution is 2.38. The minimum absolute atomic E-state index is 0.0227. The van der Waals surface area contributed by atoms with Crippen LogP contribution < -0.4 is 5.32 Å². The molecule has 1 aromatic heterocycles. The lowest BCUT2D eigenvalue weighted by molar-refractivity contribution is -0.143. The molecule has 1 N–H and O–H groups in total. The average Bonchev–Trinajstić information content (AvgIpc) is 3.24. The maximum atomic E-state index is 13.3. The molecular formula is C26H32N4O3. The third-order valence-electron chi connectivity index (χ3n) is 6.91. The topological polar surface area (TPSA) is 82.6 Å². The summed E-state index contributed by atoms with van der Waals surface area (Å²) in [5, 5.41) is 3.04. The van der Waals surface area contributed by atoms with E-state index in [1.807, 2.05) is 42.3 Å². The minimum Gasteiger partial charge on any atom is -0.356 e. The molecule has 4 rings (SSSR count). The fraction of sp³-hybridized carbons (Fsp3) is 0.462. The van der Waals surface area contributed by atoms with Gasteiger partial charge in [0.05, 0.1) is 12.0 Å². The average molecular weight is 449 g/mol. The molecule has 0 aliphatic carbocycles. The first kappa shape index (κ1) is 23.0. The molecule has 7 nitrogen and oxygen atoms in total. The number of carbonyl (C=O) groups is 3. The molecule has 7 heteroatoms. The molecule has 2 aromatic rings. The lowest BCUT2D eigenvalue weighted by atomic mass is 9.72. The normalized spacial score (nSPS) is 17.8. The van der Waals surface area contributed by atoms with Gasteiger partial charge in [0.2, 0.25) is 17.7 Å². The van der Waals surface area contributed by atoms with Crippen LogP contribution in [0, 0.1) is 5.41 Å². The van der Waals surface area contributed by atoms with Gasteiger partial charge in [-0.05, 0) is 49.8 Å². The molecule has 3 amide bonds. The zero-order valence-electron chi connectivity index (χ0n) is 19.3. The predicted molar refractivity (Wildman–Crippen MR) is 126 cm³/mol. The van der Waals surface area contributed by atoms with Crippen LogP contribution in [0.5, 0.6) is 0 Å². The van der Waals surface area contributed by atoms with Gasteiger partial charge in [0, 0.05) is 50.6 Å². The van der Waals surface area contributed by atoms with Crippen molar-refractivity contribution in [2.24, 2.45) is 5.41 Å². The smallest absolute Gasteiger partial charge is 0.242 e. The van der Waals surface area contributed by atoms with Crippen LogP contribution in [0.15, 0.2) is 48.8 Å². The molecule has 2 saturated heterocycles. The number of likely N-dealkylation sites (tertiary alicyclic amines) is 2. The van der Waals surface area contributed by atoms with Crippen molar-refractivity contribution in [2.75, 3.05) is 32.7 Å². The number of rotatable bonds is 7. The fourth-order valence-electron chi connectivity index (χ4n) is 4.99. The molecule has 0 radical (unpaired) electrons. The van der Waals surface area contributed by atoms with E-state index >= 15 is 0 Å². The molecule has 2 aliphatic rings. The van der Waals surface area contributed by atoms with Gasteiger partial charge in [0.25, 0.3) is 0 Å². The van der Waals surface area contributed by atoms with Crippen molar-refractivity contribution in [3.05, 3.63) is 54.4 Å². The molecule has 2 fully saturated rings. The first-order chi connectivity index (χ1) is 16.0. The van der Waals surface area contributed by atoms with Gasteiger partial charge in [0.15, 0.2) is 0 Å². The van der Waals surface area contributed by atoms with Crippen LogP contribution in [0.2, 0.25) is 0 Å². The van der Waals surface area contributed by atoms with Crippen molar-refractivity contribution in [1.29, 1.82) is 0 Å². The molecule has 33 heavy (non-hydrogen) atoms. The second kappa shape index (κ2) is 10.1. The molecule has 1 aromatic carbocycles. The molecule has 2 aliphatic heterocycles. The highest BCUT2D eigenvalue weighted by atomic mass is 16.2. The SMILES string of the molecule is CCNC(=O)C1(Cc2ccccc2-c2cccnc2)CCN(C(=O)CN2CCCC2=O)CC1. The number of nitrogens with one attached hydrogen (secondary N) is 1. The summed E-state index contributed by atoms with van der Waals surface area (Å²) in [6.45, 7) is 4.36. The number of hydrogen-bond acceptors (Lipinski definition) is 4. The van der Waals surface area contributed by atoms with Crippen molar-refractivity contribution >= 4 is 17.7 Å². The summed E-state index contributed by atoms with van der Waals surface area (Å²) in [7, 11) is 0. The van der Waals surface area contributed by atoms with Crippen molar-refractivity contribution in [1.82, 2.24) is 20.1 Å². The largest absolute Gasteiger partial charge is 0.356 e. The standard InChI is InChI=1S/C26H32N4O3/c1-2-28-25(33)26(17-20-7-3-4-9-22(20)21-8-5-13-27-18-21)11-15-29(16-12-26)24(32)19-30-14-6-10-23(30)31/h3-5,7-9,13,18H,2,6,10-12,14-17,19H2,1H3,(H,28,33). The van der Waals surface area contributed by atoms with Gasteiger partial charge >= 0.3 is 0 Å². The van der Waals surface area contributed by atoms with Crippen LogP contribution in [-0.4, -0.2) is 65.2 Å². The zero-order chi connectivity index (χ0) is 23.3. The van der Waals surface area contributed by atoms with E-state index in [9.17, 15) is 14.4 Å². The number of carbonyl (C=O) groups excluding carboxylic acids is 3. The highest BCUT2D eigenvalue weighted by Gasteiger charge is 2.42. The van der Waals surface area contributed by atoms with Crippen LogP contribution in [0.1, 0.15) is 38.2 Å². The number of amides is 3. The van der Waals surface area contributed by atoms with Gasteiger partial charge in [-0.3, -0.25) is 19.4 Å². The molecule has 0 saturated carbocycles. The number of pyridine rings is 1. The number of piperidine rings is 1. The van der Waals surface area contributed by atoms with Crippen LogP contribution >= 0.6 is 0 Å². The summed E-state index contributed by atoms with van der Waals surface area (Å²) < 4.78 is 0. The number of hydrogen-bond donors (Lipinski definition) is 1. The Balaban J connectivity index is 1.52. The van der Waals surface area contributed by atoms with Crippen molar-refractivity contribution in [3.63, 3.8) is 0 Å². The summed E-state index contributed by atoms with van der Waals surface area (Å²) in [5.74, 6) is 0.0855. The van der Waals surface area contributed by atoms with Gasteiger partial charge in [-0.1, -0.05) is 30.3 Å². The Kier molecular flexibility index (Phi) is 7.06. The molecule has 3 heterocycles. The monoisotopic (exact) mass is 448 g/mol. The number of aromatic nitrogens is 1. The third kappa shape index (κ3) is 5.07. The summed E-state index contributed by atoms with van der Waals surface area (Å²) in [4.78, 5) is 45.7. The second-order valence-corrected chi connectivity index (χ2v) is 9.02. The van der Waals surface area contributed by atoms with E-state index in [2.05, 4.69) is 22.4 Å². The zero-order valence-corrected chi connectivity index (χ0v) is 19.3. The number of nitrogens with zero attached hydrogens (tertiary/aromatic N) is 3. The fourth-order valence-corrected chi connectivity index (χ4v) is 4.99. The summed E-state index contributed by atoms with van der Waals surface area (Å²) in [5.41, 5.74) is 2.65. The Labute approximate surface area is 195 Å². The lowest BCUT2D eigenvalue weighted by Crippen LogP contribution is -2.52. The molecule has 174 valence electrons. The summed E-state index contributed by atoms with van der Waals surface area (Å²) in [6.07, 6.45) is 6.76. The summed E-state index contributed by atoms with van der Waals surface area (Å²) >= 11 is 0. The Bertz CT molecular complexity index is 1000. The van der Waals surface area contributed by atoms with E-state index in [1.54, 1.807) is 11.1 Å². The lowest BCUT2D eigenvalue weighted by Gasteiger charge is -2.41. The molecular weight excluding hydrogens is 416 g/mol. The van der Waals surface area contributed by atoms with Crippen molar-refractivity contribution in [2.45, 2.75) is 39.0 Å². The van der Waals surface area contributed by atoms with Crippen molar-refractivity contribution in [3.8, 4) is 11.1 Å². The van der Waals surface area contributed by atoms with Gasteiger partial charge in [-0.25, -0.2) is 0 Å². The number of benzene rings is 1. The van der Waals surface area contributed by atoms with E-state index in [0.29, 0.717) is 51.9 Å². The van der Waals surface area contributed by atoms with Crippen LogP contribution in [0.4, 0.5) is 0 Å². The van der Waals surface area contributed by atoms with E-state index < -0.39 is 5.41 Å². The first-order valence-corrected chi connectivity index (χ1v) is 11.8. The maximum Gasteiger partial charge on any atom is 0.242 e. The second-order valence-electron chi connectivity index (χ2n) is 9.02. The van der Waals surface area contributed by atoms with Gasteiger partial charge in [0.1, 0.15) is 0 Å². The van der Waals surface area contributed by atoms with E-state index in [0.717, 1.165) is 23.1 Å². The van der Waals surface area contributed by atoms with E-state index in [4.69, 9.17) is 0 Å². The van der Waals surface area contributed by atoms with Gasteiger partial charge in [-0.15, -0.1) is 0 Å².